The third-order valence-electron chi connectivity index (χ3n) is 6.32. The molecule has 0 aromatic heterocycles. The SMILES string of the molecule is COc1ccc(O)c(C(=O)c2ccc(C(=O)OC3CNCC3NC(=O)c3cc(C)c(O)c(C)c3)cc2)c1.Cl. The van der Waals surface area contributed by atoms with Crippen molar-refractivity contribution in [3.63, 3.8) is 0 Å². The highest BCUT2D eigenvalue weighted by Gasteiger charge is 2.32. The maximum absolute atomic E-state index is 12.8. The Morgan fingerprint density at radius 3 is 2.16 bits per heavy atom. The van der Waals surface area contributed by atoms with E-state index >= 15 is 0 Å². The van der Waals surface area contributed by atoms with Gasteiger partial charge in [-0.1, -0.05) is 12.1 Å². The largest absolute Gasteiger partial charge is 0.507 e. The number of nitrogens with one attached hydrogen (secondary N) is 2. The molecule has 0 bridgehead atoms. The zero-order chi connectivity index (χ0) is 26.7. The van der Waals surface area contributed by atoms with E-state index in [1.54, 1.807) is 32.0 Å². The first-order valence-electron chi connectivity index (χ1n) is 11.7. The summed E-state index contributed by atoms with van der Waals surface area (Å²) in [5.74, 6) is -0.924. The minimum atomic E-state index is -0.592. The number of ketones is 1. The van der Waals surface area contributed by atoms with E-state index in [4.69, 9.17) is 9.47 Å². The minimum absolute atomic E-state index is 0. The van der Waals surface area contributed by atoms with Crippen molar-refractivity contribution in [3.8, 4) is 17.2 Å². The Bertz CT molecular complexity index is 1330. The minimum Gasteiger partial charge on any atom is -0.507 e. The highest BCUT2D eigenvalue weighted by atomic mass is 35.5. The summed E-state index contributed by atoms with van der Waals surface area (Å²) in [6.07, 6.45) is -0.592. The summed E-state index contributed by atoms with van der Waals surface area (Å²) >= 11 is 0. The fourth-order valence-corrected chi connectivity index (χ4v) is 4.20. The average molecular weight is 541 g/mol. The number of aromatic hydroxyl groups is 2. The zero-order valence-corrected chi connectivity index (χ0v) is 21.9. The van der Waals surface area contributed by atoms with E-state index < -0.39 is 23.9 Å². The Hall–Kier alpha value is -4.08. The van der Waals surface area contributed by atoms with E-state index in [2.05, 4.69) is 10.6 Å². The fourth-order valence-electron chi connectivity index (χ4n) is 4.20. The van der Waals surface area contributed by atoms with Gasteiger partial charge in [-0.2, -0.15) is 0 Å². The molecule has 3 aromatic rings. The number of halogens is 1. The van der Waals surface area contributed by atoms with Crippen LogP contribution in [-0.4, -0.2) is 60.2 Å². The molecule has 1 saturated heterocycles. The summed E-state index contributed by atoms with van der Waals surface area (Å²) in [4.78, 5) is 38.4. The highest BCUT2D eigenvalue weighted by Crippen LogP contribution is 2.26. The van der Waals surface area contributed by atoms with E-state index in [0.29, 0.717) is 35.5 Å². The lowest BCUT2D eigenvalue weighted by Gasteiger charge is -2.21. The molecule has 1 heterocycles. The second-order valence-corrected chi connectivity index (χ2v) is 8.93. The number of esters is 1. The van der Waals surface area contributed by atoms with Gasteiger partial charge in [0.2, 0.25) is 0 Å². The van der Waals surface area contributed by atoms with Crippen molar-refractivity contribution in [2.24, 2.45) is 0 Å². The number of amides is 1. The van der Waals surface area contributed by atoms with Crippen LogP contribution in [0, 0.1) is 13.8 Å². The van der Waals surface area contributed by atoms with Crippen LogP contribution in [0.3, 0.4) is 0 Å². The fraction of sp³-hybridized carbons (Fsp3) is 0.250. The summed E-state index contributed by atoms with van der Waals surface area (Å²) in [5, 5.41) is 26.0. The first-order valence-corrected chi connectivity index (χ1v) is 11.7. The lowest BCUT2D eigenvalue weighted by molar-refractivity contribution is 0.0283. The summed E-state index contributed by atoms with van der Waals surface area (Å²) in [6.45, 7) is 4.24. The molecule has 1 fully saturated rings. The summed E-state index contributed by atoms with van der Waals surface area (Å²) in [5.41, 5.74) is 2.22. The van der Waals surface area contributed by atoms with Gasteiger partial charge in [-0.15, -0.1) is 12.4 Å². The topological polar surface area (TPSA) is 134 Å². The van der Waals surface area contributed by atoms with E-state index in [1.807, 2.05) is 0 Å². The van der Waals surface area contributed by atoms with Crippen molar-refractivity contribution in [2.75, 3.05) is 20.2 Å². The van der Waals surface area contributed by atoms with Crippen LogP contribution >= 0.6 is 12.4 Å². The molecule has 2 unspecified atom stereocenters. The third kappa shape index (κ3) is 6.07. The molecule has 9 nitrogen and oxygen atoms in total. The number of benzene rings is 3. The van der Waals surface area contributed by atoms with Gasteiger partial charge >= 0.3 is 5.97 Å². The van der Waals surface area contributed by atoms with Crippen LogP contribution in [0.25, 0.3) is 0 Å². The van der Waals surface area contributed by atoms with Gasteiger partial charge in [0.05, 0.1) is 24.3 Å². The van der Waals surface area contributed by atoms with Crippen LogP contribution in [0.15, 0.2) is 54.6 Å². The van der Waals surface area contributed by atoms with E-state index in [9.17, 15) is 24.6 Å². The molecule has 0 radical (unpaired) electrons. The normalized spacial score (nSPS) is 16.3. The molecule has 2 atom stereocenters. The van der Waals surface area contributed by atoms with Crippen molar-refractivity contribution in [1.29, 1.82) is 0 Å². The van der Waals surface area contributed by atoms with Gasteiger partial charge in [-0.3, -0.25) is 9.59 Å². The van der Waals surface area contributed by atoms with Crippen LogP contribution in [0.4, 0.5) is 0 Å². The number of phenols is 2. The predicted molar refractivity (Wildman–Crippen MR) is 143 cm³/mol. The van der Waals surface area contributed by atoms with Crippen LogP contribution in [0.5, 0.6) is 17.2 Å². The smallest absolute Gasteiger partial charge is 0.338 e. The number of hydrogen-bond acceptors (Lipinski definition) is 8. The van der Waals surface area contributed by atoms with Crippen molar-refractivity contribution in [3.05, 3.63) is 88.0 Å². The number of aryl methyl sites for hydroxylation is 2. The quantitative estimate of drug-likeness (QED) is 0.265. The van der Waals surface area contributed by atoms with Crippen molar-refractivity contribution >= 4 is 30.1 Å². The van der Waals surface area contributed by atoms with Gasteiger partial charge in [-0.25, -0.2) is 4.79 Å². The number of rotatable bonds is 7. The molecule has 4 N–H and O–H groups in total. The Balaban J connectivity index is 0.00000400. The number of ether oxygens (including phenoxy) is 2. The Kier molecular flexibility index (Phi) is 8.98. The van der Waals surface area contributed by atoms with Gasteiger partial charge < -0.3 is 30.3 Å². The van der Waals surface area contributed by atoms with Crippen LogP contribution in [-0.2, 0) is 4.74 Å². The second-order valence-electron chi connectivity index (χ2n) is 8.93. The number of methoxy groups -OCH3 is 1. The van der Waals surface area contributed by atoms with E-state index in [1.165, 1.54) is 43.5 Å². The summed E-state index contributed by atoms with van der Waals surface area (Å²) in [6, 6.07) is 13.1. The number of carbonyl (C=O) groups excluding carboxylic acids is 3. The average Bonchev–Trinajstić information content (AvgIpc) is 3.33. The molecule has 10 heteroatoms. The van der Waals surface area contributed by atoms with Crippen LogP contribution < -0.4 is 15.4 Å². The lowest BCUT2D eigenvalue weighted by Crippen LogP contribution is -2.44. The summed E-state index contributed by atoms with van der Waals surface area (Å²) in [7, 11) is 1.46. The van der Waals surface area contributed by atoms with Crippen molar-refractivity contribution in [1.82, 2.24) is 10.6 Å². The Morgan fingerprint density at radius 2 is 1.53 bits per heavy atom. The number of carbonyl (C=O) groups is 3. The Labute approximate surface area is 226 Å². The van der Waals surface area contributed by atoms with Gasteiger partial charge in [-0.05, 0) is 67.4 Å². The van der Waals surface area contributed by atoms with Gasteiger partial charge in [0.1, 0.15) is 23.4 Å². The number of hydrogen-bond donors (Lipinski definition) is 4. The second kappa shape index (κ2) is 12.0. The third-order valence-corrected chi connectivity index (χ3v) is 6.32. The van der Waals surface area contributed by atoms with Crippen LogP contribution in [0.1, 0.15) is 47.8 Å². The Morgan fingerprint density at radius 1 is 0.895 bits per heavy atom. The monoisotopic (exact) mass is 540 g/mol. The van der Waals surface area contributed by atoms with Crippen molar-refractivity contribution in [2.45, 2.75) is 26.0 Å². The summed E-state index contributed by atoms with van der Waals surface area (Å²) < 4.78 is 10.8. The zero-order valence-electron chi connectivity index (χ0n) is 21.1. The lowest BCUT2D eigenvalue weighted by atomic mass is 10.0. The molecule has 1 aliphatic heterocycles. The predicted octanol–water partition coefficient (Wildman–Crippen LogP) is 3.30. The molecule has 0 saturated carbocycles. The molecule has 0 spiro atoms. The molecule has 38 heavy (non-hydrogen) atoms. The molecule has 3 aromatic carbocycles. The maximum atomic E-state index is 12.8. The molecule has 4 rings (SSSR count). The van der Waals surface area contributed by atoms with Gasteiger partial charge in [0.15, 0.2) is 5.78 Å². The number of phenolic OH excluding ortho intramolecular Hbond substituents is 2. The van der Waals surface area contributed by atoms with Crippen molar-refractivity contribution < 1.29 is 34.1 Å². The van der Waals surface area contributed by atoms with Gasteiger partial charge in [0.25, 0.3) is 5.91 Å². The van der Waals surface area contributed by atoms with E-state index in [-0.39, 0.29) is 46.5 Å². The maximum Gasteiger partial charge on any atom is 0.338 e. The first-order chi connectivity index (χ1) is 17.7. The molecular formula is C28H29ClN2O7. The standard InChI is InChI=1S/C28H28N2O7.ClH/c1-15-10-19(11-16(2)25(15)32)27(34)30-22-13-29-14-24(22)37-28(35)18-6-4-17(5-7-18)26(33)21-12-20(36-3)8-9-23(21)31;/h4-12,22,24,29,31-32H,13-14H2,1-3H3,(H,30,34);1H. The molecule has 1 aliphatic rings. The van der Waals surface area contributed by atoms with Crippen LogP contribution in [0.2, 0.25) is 0 Å². The molecule has 1 amide bonds. The first kappa shape index (κ1) is 28.5. The molecule has 200 valence electrons. The van der Waals surface area contributed by atoms with Gasteiger partial charge in [0, 0.05) is 24.2 Å². The van der Waals surface area contributed by atoms with E-state index in [0.717, 1.165) is 0 Å². The molecular weight excluding hydrogens is 512 g/mol. The highest BCUT2D eigenvalue weighted by molar-refractivity contribution is 6.11. The molecule has 0 aliphatic carbocycles.